The van der Waals surface area contributed by atoms with E-state index in [0.717, 1.165) is 17.3 Å². The van der Waals surface area contributed by atoms with E-state index in [4.69, 9.17) is 5.73 Å². The molecular weight excluding hydrogens is 368 g/mol. The average molecular weight is 393 g/mol. The van der Waals surface area contributed by atoms with Crippen LogP contribution in [0.3, 0.4) is 0 Å². The zero-order valence-corrected chi connectivity index (χ0v) is 16.0. The average Bonchev–Trinajstić information content (AvgIpc) is 3.09. The van der Waals surface area contributed by atoms with Crippen molar-refractivity contribution in [3.05, 3.63) is 30.1 Å². The molecule has 0 aromatic carbocycles. The van der Waals surface area contributed by atoms with Gasteiger partial charge in [0.2, 0.25) is 11.9 Å². The molecule has 2 aromatic heterocycles. The number of nitrogens with zero attached hydrogens (tertiary/aromatic N) is 5. The fourth-order valence-corrected chi connectivity index (χ4v) is 3.25. The maximum atomic E-state index is 15.0. The lowest BCUT2D eigenvalue weighted by atomic mass is 9.95. The molecule has 2 aromatic rings. The quantitative estimate of drug-likeness (QED) is 0.761. The molecule has 0 saturated carbocycles. The van der Waals surface area contributed by atoms with E-state index in [0.29, 0.717) is 32.5 Å². The zero-order valence-electron chi connectivity index (χ0n) is 16.0. The Morgan fingerprint density at radius 2 is 2.07 bits per heavy atom. The van der Waals surface area contributed by atoms with E-state index in [1.54, 1.807) is 0 Å². The third-order valence-corrected chi connectivity index (χ3v) is 4.78. The fourth-order valence-electron chi connectivity index (χ4n) is 3.25. The van der Waals surface area contributed by atoms with E-state index >= 15 is 4.39 Å². The van der Waals surface area contributed by atoms with Crippen LogP contribution in [-0.2, 0) is 4.79 Å². The lowest BCUT2D eigenvalue weighted by molar-refractivity contribution is -0.125. The molecule has 0 spiro atoms. The molecule has 1 fully saturated rings. The molecule has 0 radical (unpaired) electrons. The van der Waals surface area contributed by atoms with Gasteiger partial charge in [0.25, 0.3) is 0 Å². The third kappa shape index (κ3) is 4.56. The molecule has 0 aliphatic carbocycles. The number of likely N-dealkylation sites (N-methyl/N-ethyl adjacent to an activating group) is 1. The fraction of sp³-hybridized carbons (Fsp3) is 0.500. The number of amides is 1. The number of nitrogen functional groups attached to an aromatic ring is 1. The van der Waals surface area contributed by atoms with Crippen molar-refractivity contribution in [2.24, 2.45) is 5.92 Å². The molecule has 3 heterocycles. The predicted molar refractivity (Wildman–Crippen MR) is 102 cm³/mol. The van der Waals surface area contributed by atoms with Gasteiger partial charge >= 0.3 is 0 Å². The SMILES string of the molecule is CN(C)CCNC(=O)C1CCN(c2cc(N)nc(-n3ccc(F)n3)c2F)CC1. The summed E-state index contributed by atoms with van der Waals surface area (Å²) in [6.45, 7) is 2.41. The van der Waals surface area contributed by atoms with Crippen molar-refractivity contribution < 1.29 is 13.6 Å². The number of carbonyl (C=O) groups is 1. The zero-order chi connectivity index (χ0) is 20.3. The second-order valence-electron chi connectivity index (χ2n) is 7.14. The van der Waals surface area contributed by atoms with Gasteiger partial charge < -0.3 is 20.9 Å². The van der Waals surface area contributed by atoms with Gasteiger partial charge in [0.05, 0.1) is 5.69 Å². The minimum atomic E-state index is -0.730. The molecular formula is C18H25F2N7O. The summed E-state index contributed by atoms with van der Waals surface area (Å²) >= 11 is 0. The first-order chi connectivity index (χ1) is 13.3. The molecule has 0 bridgehead atoms. The number of piperidine rings is 1. The van der Waals surface area contributed by atoms with Crippen LogP contribution in [0.1, 0.15) is 12.8 Å². The van der Waals surface area contributed by atoms with Crippen molar-refractivity contribution in [2.45, 2.75) is 12.8 Å². The first-order valence-electron chi connectivity index (χ1n) is 9.20. The number of hydrogen-bond donors (Lipinski definition) is 2. The molecule has 152 valence electrons. The Labute approximate surface area is 162 Å². The van der Waals surface area contributed by atoms with Gasteiger partial charge in [0.15, 0.2) is 11.6 Å². The van der Waals surface area contributed by atoms with Gasteiger partial charge in [0.1, 0.15) is 5.82 Å². The Hall–Kier alpha value is -2.75. The second-order valence-corrected chi connectivity index (χ2v) is 7.14. The number of nitrogens with two attached hydrogens (primary N) is 1. The van der Waals surface area contributed by atoms with Crippen LogP contribution < -0.4 is 16.0 Å². The number of rotatable bonds is 6. The van der Waals surface area contributed by atoms with Crippen molar-refractivity contribution >= 4 is 17.4 Å². The van der Waals surface area contributed by atoms with Crippen molar-refractivity contribution in [1.82, 2.24) is 25.0 Å². The van der Waals surface area contributed by atoms with Gasteiger partial charge in [-0.2, -0.15) is 4.39 Å². The summed E-state index contributed by atoms with van der Waals surface area (Å²) in [6.07, 6.45) is 2.51. The summed E-state index contributed by atoms with van der Waals surface area (Å²) in [7, 11) is 3.90. The Kier molecular flexibility index (Phi) is 6.08. The number of aromatic nitrogens is 3. The topological polar surface area (TPSA) is 92.3 Å². The summed E-state index contributed by atoms with van der Waals surface area (Å²) in [6, 6.07) is 2.57. The second kappa shape index (κ2) is 8.51. The van der Waals surface area contributed by atoms with E-state index in [2.05, 4.69) is 15.4 Å². The Morgan fingerprint density at radius 3 is 2.68 bits per heavy atom. The van der Waals surface area contributed by atoms with Crippen LogP contribution in [0.15, 0.2) is 18.3 Å². The molecule has 1 saturated heterocycles. The van der Waals surface area contributed by atoms with Crippen LogP contribution in [0.25, 0.3) is 5.82 Å². The maximum Gasteiger partial charge on any atom is 0.233 e. The van der Waals surface area contributed by atoms with E-state index in [9.17, 15) is 9.18 Å². The van der Waals surface area contributed by atoms with Gasteiger partial charge in [-0.15, -0.1) is 5.10 Å². The molecule has 8 nitrogen and oxygen atoms in total. The van der Waals surface area contributed by atoms with Gasteiger partial charge in [-0.3, -0.25) is 4.79 Å². The molecule has 3 rings (SSSR count). The van der Waals surface area contributed by atoms with E-state index < -0.39 is 11.8 Å². The van der Waals surface area contributed by atoms with Gasteiger partial charge in [0, 0.05) is 50.4 Å². The highest BCUT2D eigenvalue weighted by molar-refractivity contribution is 5.79. The lowest BCUT2D eigenvalue weighted by Crippen LogP contribution is -2.42. The minimum absolute atomic E-state index is 0.0314. The molecule has 1 amide bonds. The van der Waals surface area contributed by atoms with E-state index in [1.165, 1.54) is 12.3 Å². The maximum absolute atomic E-state index is 15.0. The van der Waals surface area contributed by atoms with Crippen molar-refractivity contribution in [2.75, 3.05) is 50.9 Å². The van der Waals surface area contributed by atoms with E-state index in [-0.39, 0.29) is 29.1 Å². The van der Waals surface area contributed by atoms with Gasteiger partial charge in [-0.25, -0.2) is 14.1 Å². The summed E-state index contributed by atoms with van der Waals surface area (Å²) in [5.41, 5.74) is 6.11. The molecule has 1 aliphatic rings. The normalized spacial score (nSPS) is 15.2. The standard InChI is InChI=1S/C18H25F2N7O/c1-25(2)10-6-22-18(28)12-3-7-26(8-4-12)13-11-15(21)23-17(16(13)20)27-9-5-14(19)24-27/h5,9,11-12H,3-4,6-8,10H2,1-2H3,(H2,21,23)(H,22,28). The summed E-state index contributed by atoms with van der Waals surface area (Å²) in [5, 5.41) is 6.50. The van der Waals surface area contributed by atoms with Crippen LogP contribution in [0.2, 0.25) is 0 Å². The summed E-state index contributed by atoms with van der Waals surface area (Å²) in [4.78, 5) is 20.1. The number of hydrogen-bond acceptors (Lipinski definition) is 6. The highest BCUT2D eigenvalue weighted by atomic mass is 19.1. The number of nitrogens with one attached hydrogen (secondary N) is 1. The molecule has 10 heteroatoms. The van der Waals surface area contributed by atoms with Gasteiger partial charge in [-0.05, 0) is 26.9 Å². The number of anilines is 2. The molecule has 1 aliphatic heterocycles. The van der Waals surface area contributed by atoms with Crippen molar-refractivity contribution in [1.29, 1.82) is 0 Å². The summed E-state index contributed by atoms with van der Waals surface area (Å²) < 4.78 is 29.2. The van der Waals surface area contributed by atoms with Gasteiger partial charge in [-0.1, -0.05) is 0 Å². The highest BCUT2D eigenvalue weighted by Gasteiger charge is 2.27. The third-order valence-electron chi connectivity index (χ3n) is 4.78. The molecule has 28 heavy (non-hydrogen) atoms. The Bertz CT molecular complexity index is 831. The number of pyridine rings is 1. The molecule has 3 N–H and O–H groups in total. The van der Waals surface area contributed by atoms with Crippen LogP contribution in [0.5, 0.6) is 0 Å². The Balaban J connectivity index is 1.67. The molecule has 0 atom stereocenters. The number of halogens is 2. The first kappa shape index (κ1) is 20.0. The molecule has 0 unspecified atom stereocenters. The van der Waals surface area contributed by atoms with Crippen molar-refractivity contribution in [3.63, 3.8) is 0 Å². The Morgan fingerprint density at radius 1 is 1.36 bits per heavy atom. The highest BCUT2D eigenvalue weighted by Crippen LogP contribution is 2.29. The van der Waals surface area contributed by atoms with Crippen LogP contribution >= 0.6 is 0 Å². The summed E-state index contributed by atoms with van der Waals surface area (Å²) in [5.74, 6) is -1.45. The predicted octanol–water partition coefficient (Wildman–Crippen LogP) is 1.02. The van der Waals surface area contributed by atoms with E-state index in [1.807, 2.05) is 23.9 Å². The minimum Gasteiger partial charge on any atom is -0.384 e. The largest absolute Gasteiger partial charge is 0.384 e. The van der Waals surface area contributed by atoms with Crippen LogP contribution in [0.4, 0.5) is 20.3 Å². The monoisotopic (exact) mass is 393 g/mol. The van der Waals surface area contributed by atoms with Crippen molar-refractivity contribution in [3.8, 4) is 5.82 Å². The number of carbonyl (C=O) groups excluding carboxylic acids is 1. The van der Waals surface area contributed by atoms with Crippen LogP contribution in [-0.4, -0.2) is 65.8 Å². The van der Waals surface area contributed by atoms with Crippen LogP contribution in [0, 0.1) is 17.7 Å². The first-order valence-corrected chi connectivity index (χ1v) is 9.20. The lowest BCUT2D eigenvalue weighted by Gasteiger charge is -2.33. The smallest absolute Gasteiger partial charge is 0.233 e.